The van der Waals surface area contributed by atoms with E-state index in [0.29, 0.717) is 41.2 Å². The van der Waals surface area contributed by atoms with Crippen LogP contribution in [0.25, 0.3) is 5.76 Å². The third kappa shape index (κ3) is 4.88. The van der Waals surface area contributed by atoms with E-state index in [-0.39, 0.29) is 23.6 Å². The number of esters is 1. The molecule has 2 N–H and O–H groups in total. The number of likely N-dealkylation sites (tertiary alicyclic amines) is 1. The molecule has 2 heterocycles. The van der Waals surface area contributed by atoms with Gasteiger partial charge in [0.05, 0.1) is 25.3 Å². The van der Waals surface area contributed by atoms with Crippen LogP contribution in [0.15, 0.2) is 29.8 Å². The monoisotopic (exact) mass is 497 g/mol. The van der Waals surface area contributed by atoms with Crippen LogP contribution in [0.3, 0.4) is 0 Å². The molecular weight excluding hydrogens is 462 g/mol. The summed E-state index contributed by atoms with van der Waals surface area (Å²) >= 11 is 0. The number of hydrogen-bond donors (Lipinski definition) is 2. The Morgan fingerprint density at radius 2 is 1.81 bits per heavy atom. The zero-order valence-corrected chi connectivity index (χ0v) is 21.8. The number of benzene rings is 1. The lowest BCUT2D eigenvalue weighted by Gasteiger charge is -2.29. The van der Waals surface area contributed by atoms with Gasteiger partial charge < -0.3 is 29.4 Å². The number of aliphatic hydroxyl groups excluding tert-OH is 1. The molecular formula is C27H35N3O6. The molecule has 1 aromatic heterocycles. The second kappa shape index (κ2) is 11.4. The van der Waals surface area contributed by atoms with Crippen molar-refractivity contribution < 1.29 is 29.0 Å². The number of rotatable bonds is 10. The number of aliphatic hydroxyl groups is 1. The maximum Gasteiger partial charge on any atom is 0.355 e. The van der Waals surface area contributed by atoms with Crippen LogP contribution in [0.4, 0.5) is 0 Å². The molecule has 1 atom stereocenters. The Bertz CT molecular complexity index is 1180. The van der Waals surface area contributed by atoms with Gasteiger partial charge in [-0.25, -0.2) is 4.79 Å². The lowest BCUT2D eigenvalue weighted by molar-refractivity contribution is -0.140. The number of Topliss-reactive ketones (excluding diaryl/α,β-unsaturated/α-hetero) is 1. The van der Waals surface area contributed by atoms with Crippen LogP contribution in [0.5, 0.6) is 5.75 Å². The van der Waals surface area contributed by atoms with Crippen molar-refractivity contribution in [1.82, 2.24) is 14.8 Å². The number of aromatic nitrogens is 1. The number of likely N-dealkylation sites (N-methyl/N-ethyl adjacent to an activating group) is 1. The summed E-state index contributed by atoms with van der Waals surface area (Å²) in [7, 11) is 1.52. The smallest absolute Gasteiger partial charge is 0.355 e. The molecule has 0 aliphatic carbocycles. The number of carbonyl (C=O) groups is 3. The molecule has 1 fully saturated rings. The Balaban J connectivity index is 2.21. The zero-order chi connectivity index (χ0) is 26.6. The molecule has 1 aromatic carbocycles. The first-order chi connectivity index (χ1) is 17.2. The van der Waals surface area contributed by atoms with Gasteiger partial charge in [-0.2, -0.15) is 0 Å². The number of aryl methyl sites for hydroxylation is 1. The van der Waals surface area contributed by atoms with Gasteiger partial charge in [-0.3, -0.25) is 9.59 Å². The highest BCUT2D eigenvalue weighted by Crippen LogP contribution is 2.43. The maximum absolute atomic E-state index is 13.4. The molecule has 9 nitrogen and oxygen atoms in total. The van der Waals surface area contributed by atoms with Crippen molar-refractivity contribution in [3.8, 4) is 5.75 Å². The van der Waals surface area contributed by atoms with Crippen LogP contribution >= 0.6 is 0 Å². The lowest BCUT2D eigenvalue weighted by atomic mass is 9.93. The van der Waals surface area contributed by atoms with Gasteiger partial charge in [0.1, 0.15) is 17.2 Å². The van der Waals surface area contributed by atoms with Crippen molar-refractivity contribution in [2.45, 2.75) is 40.7 Å². The molecule has 1 saturated heterocycles. The summed E-state index contributed by atoms with van der Waals surface area (Å²) in [6, 6.07) is 6.29. The van der Waals surface area contributed by atoms with Gasteiger partial charge in [0.2, 0.25) is 0 Å². The maximum atomic E-state index is 13.4. The van der Waals surface area contributed by atoms with Crippen LogP contribution < -0.4 is 4.74 Å². The van der Waals surface area contributed by atoms with E-state index in [1.807, 2.05) is 13.8 Å². The summed E-state index contributed by atoms with van der Waals surface area (Å²) in [6.07, 6.45) is 0. The number of carbonyl (C=O) groups excluding carboxylic acids is 3. The van der Waals surface area contributed by atoms with Gasteiger partial charge in [0, 0.05) is 29.9 Å². The van der Waals surface area contributed by atoms with Crippen molar-refractivity contribution in [2.75, 3.05) is 39.9 Å². The minimum Gasteiger partial charge on any atom is -0.507 e. The molecule has 1 aliphatic heterocycles. The van der Waals surface area contributed by atoms with Crippen LogP contribution in [-0.4, -0.2) is 77.4 Å². The number of aromatic amines is 1. The first kappa shape index (κ1) is 27.0. The third-order valence-electron chi connectivity index (χ3n) is 6.68. The fourth-order valence-electron chi connectivity index (χ4n) is 4.76. The normalized spacial score (nSPS) is 17.2. The van der Waals surface area contributed by atoms with E-state index >= 15 is 0 Å². The van der Waals surface area contributed by atoms with E-state index in [1.165, 1.54) is 12.0 Å². The minimum absolute atomic E-state index is 0.0374. The largest absolute Gasteiger partial charge is 0.507 e. The van der Waals surface area contributed by atoms with E-state index in [1.54, 1.807) is 45.0 Å². The number of ether oxygens (including phenoxy) is 2. The Morgan fingerprint density at radius 3 is 2.42 bits per heavy atom. The van der Waals surface area contributed by atoms with Crippen LogP contribution in [0.1, 0.15) is 59.7 Å². The van der Waals surface area contributed by atoms with E-state index in [9.17, 15) is 19.5 Å². The first-order valence-electron chi connectivity index (χ1n) is 12.2. The fraction of sp³-hybridized carbons (Fsp3) is 0.444. The van der Waals surface area contributed by atoms with E-state index in [0.717, 1.165) is 13.1 Å². The predicted molar refractivity (Wildman–Crippen MR) is 136 cm³/mol. The second-order valence-corrected chi connectivity index (χ2v) is 8.61. The standard InChI is InChI=1S/C27H35N3O6/c1-7-29(8-2)14-15-30-23(18-12-10-11-13-19(18)35-6)21(25(32)26(30)33)24(31)20-16(4)22(28-17(20)5)27(34)36-9-3/h10-13,23,28,31H,7-9,14-15H2,1-6H3. The second-order valence-electron chi connectivity index (χ2n) is 8.61. The van der Waals surface area contributed by atoms with Crippen molar-refractivity contribution in [3.05, 3.63) is 57.9 Å². The summed E-state index contributed by atoms with van der Waals surface area (Å²) in [5.74, 6) is -1.86. The fourth-order valence-corrected chi connectivity index (χ4v) is 4.76. The summed E-state index contributed by atoms with van der Waals surface area (Å²) in [6.45, 7) is 11.8. The molecule has 9 heteroatoms. The molecule has 0 bridgehead atoms. The van der Waals surface area contributed by atoms with Gasteiger partial charge in [0.15, 0.2) is 0 Å². The number of para-hydroxylation sites is 1. The summed E-state index contributed by atoms with van der Waals surface area (Å²) in [4.78, 5) is 45.7. The van der Waals surface area contributed by atoms with Crippen molar-refractivity contribution in [3.63, 3.8) is 0 Å². The average Bonchev–Trinajstić information content (AvgIpc) is 3.31. The average molecular weight is 498 g/mol. The highest BCUT2D eigenvalue weighted by molar-refractivity contribution is 6.46. The number of nitrogens with one attached hydrogen (secondary N) is 1. The molecule has 36 heavy (non-hydrogen) atoms. The number of ketones is 1. The minimum atomic E-state index is -0.851. The molecule has 2 aromatic rings. The van der Waals surface area contributed by atoms with Gasteiger partial charge in [-0.1, -0.05) is 32.0 Å². The lowest BCUT2D eigenvalue weighted by Crippen LogP contribution is -2.38. The Labute approximate surface area is 211 Å². The van der Waals surface area contributed by atoms with E-state index in [2.05, 4.69) is 9.88 Å². The quantitative estimate of drug-likeness (QED) is 0.223. The van der Waals surface area contributed by atoms with Gasteiger partial charge >= 0.3 is 5.97 Å². The van der Waals surface area contributed by atoms with Gasteiger partial charge in [-0.05, 0) is 45.5 Å². The Kier molecular flexibility index (Phi) is 8.57. The summed E-state index contributed by atoms with van der Waals surface area (Å²) < 4.78 is 10.7. The van der Waals surface area contributed by atoms with E-state index < -0.39 is 23.7 Å². The van der Waals surface area contributed by atoms with Gasteiger partial charge in [0.25, 0.3) is 11.7 Å². The molecule has 1 amide bonds. The molecule has 194 valence electrons. The number of amides is 1. The number of H-pyrrole nitrogens is 1. The Morgan fingerprint density at radius 1 is 1.14 bits per heavy atom. The highest BCUT2D eigenvalue weighted by Gasteiger charge is 2.47. The predicted octanol–water partition coefficient (Wildman–Crippen LogP) is 3.58. The molecule has 3 rings (SSSR count). The zero-order valence-electron chi connectivity index (χ0n) is 21.8. The molecule has 0 spiro atoms. The summed E-state index contributed by atoms with van der Waals surface area (Å²) in [5.41, 5.74) is 1.99. The van der Waals surface area contributed by atoms with Crippen LogP contribution in [0.2, 0.25) is 0 Å². The first-order valence-corrected chi connectivity index (χ1v) is 12.2. The highest BCUT2D eigenvalue weighted by atomic mass is 16.5. The molecule has 0 saturated carbocycles. The van der Waals surface area contributed by atoms with Gasteiger partial charge in [-0.15, -0.1) is 0 Å². The van der Waals surface area contributed by atoms with Crippen LogP contribution in [0, 0.1) is 13.8 Å². The van der Waals surface area contributed by atoms with Crippen molar-refractivity contribution in [2.24, 2.45) is 0 Å². The third-order valence-corrected chi connectivity index (χ3v) is 6.68. The molecule has 1 aliphatic rings. The topological polar surface area (TPSA) is 112 Å². The SMILES string of the molecule is CCOC(=O)c1[nH]c(C)c(C(O)=C2C(=O)C(=O)N(CCN(CC)CC)C2c2ccccc2OC)c1C. The van der Waals surface area contributed by atoms with Crippen molar-refractivity contribution >= 4 is 23.4 Å². The van der Waals surface area contributed by atoms with E-state index in [4.69, 9.17) is 9.47 Å². The number of nitrogens with zero attached hydrogens (tertiary/aromatic N) is 2. The summed E-state index contributed by atoms with van der Waals surface area (Å²) in [5, 5.41) is 11.5. The molecule has 1 unspecified atom stereocenters. The van der Waals surface area contributed by atoms with Crippen LogP contribution in [-0.2, 0) is 14.3 Å². The number of hydrogen-bond acceptors (Lipinski definition) is 7. The number of methoxy groups -OCH3 is 1. The van der Waals surface area contributed by atoms with Crippen molar-refractivity contribution in [1.29, 1.82) is 0 Å². The Hall–Kier alpha value is -3.59. The molecule has 0 radical (unpaired) electrons.